The minimum absolute atomic E-state index is 0.136. The first-order valence-electron chi connectivity index (χ1n) is 5.00. The molecule has 4 heteroatoms. The van der Waals surface area contributed by atoms with Crippen LogP contribution in [-0.2, 0) is 0 Å². The summed E-state index contributed by atoms with van der Waals surface area (Å²) < 4.78 is 13.8. The first kappa shape index (κ1) is 11.0. The van der Waals surface area contributed by atoms with E-state index in [0.717, 1.165) is 23.0 Å². The molecule has 0 aromatic heterocycles. The molecule has 1 aliphatic heterocycles. The number of rotatable bonds is 1. The topological polar surface area (TPSA) is 29.3 Å². The molecular weight excluding hydrogens is 259 g/mol. The highest BCUT2D eigenvalue weighted by atomic mass is 79.9. The van der Waals surface area contributed by atoms with E-state index in [2.05, 4.69) is 20.8 Å². The van der Waals surface area contributed by atoms with E-state index >= 15 is 0 Å². The van der Waals surface area contributed by atoms with Crippen LogP contribution in [0.25, 0.3) is 0 Å². The summed E-state index contributed by atoms with van der Waals surface area (Å²) >= 11 is 3.39. The van der Waals surface area contributed by atoms with Gasteiger partial charge in [0, 0.05) is 17.1 Å². The van der Waals surface area contributed by atoms with Crippen molar-refractivity contribution in [3.8, 4) is 0 Å². The molecule has 0 amide bonds. The molecule has 0 saturated carbocycles. The van der Waals surface area contributed by atoms with Crippen molar-refractivity contribution in [3.05, 3.63) is 34.1 Å². The van der Waals surface area contributed by atoms with Crippen LogP contribution in [0.1, 0.15) is 18.0 Å². The van der Waals surface area contributed by atoms with Gasteiger partial charge in [-0.2, -0.15) is 0 Å². The Labute approximate surface area is 97.4 Å². The van der Waals surface area contributed by atoms with E-state index in [0.29, 0.717) is 0 Å². The number of hydrogen-bond donors (Lipinski definition) is 1. The van der Waals surface area contributed by atoms with Gasteiger partial charge in [0.2, 0.25) is 0 Å². The van der Waals surface area contributed by atoms with Crippen LogP contribution in [0.4, 0.5) is 4.39 Å². The van der Waals surface area contributed by atoms with Crippen molar-refractivity contribution in [2.24, 2.45) is 5.73 Å². The third kappa shape index (κ3) is 2.07. The fourth-order valence-electron chi connectivity index (χ4n) is 2.19. The summed E-state index contributed by atoms with van der Waals surface area (Å²) in [6, 6.07) is 5.12. The molecule has 0 radical (unpaired) electrons. The molecule has 2 N–H and O–H groups in total. The molecule has 82 valence electrons. The second-order valence-electron chi connectivity index (χ2n) is 4.04. The van der Waals surface area contributed by atoms with E-state index in [1.807, 2.05) is 13.1 Å². The molecule has 0 aliphatic carbocycles. The molecule has 2 atom stereocenters. The third-order valence-corrected chi connectivity index (χ3v) is 3.66. The van der Waals surface area contributed by atoms with Crippen LogP contribution < -0.4 is 5.73 Å². The Bertz CT molecular complexity index is 360. The number of hydrogen-bond acceptors (Lipinski definition) is 2. The van der Waals surface area contributed by atoms with Gasteiger partial charge in [-0.25, -0.2) is 4.39 Å². The molecule has 1 heterocycles. The van der Waals surface area contributed by atoms with E-state index < -0.39 is 0 Å². The lowest BCUT2D eigenvalue weighted by atomic mass is 10.0. The summed E-state index contributed by atoms with van der Waals surface area (Å²) in [5, 5.41) is 0. The van der Waals surface area contributed by atoms with Gasteiger partial charge in [-0.3, -0.25) is 4.90 Å². The first-order valence-corrected chi connectivity index (χ1v) is 5.79. The van der Waals surface area contributed by atoms with E-state index in [9.17, 15) is 4.39 Å². The highest BCUT2D eigenvalue weighted by Gasteiger charge is 2.31. The van der Waals surface area contributed by atoms with Gasteiger partial charge in [0.05, 0.1) is 6.04 Å². The predicted molar refractivity (Wildman–Crippen MR) is 62.1 cm³/mol. The van der Waals surface area contributed by atoms with Crippen molar-refractivity contribution in [2.45, 2.75) is 18.5 Å². The summed E-state index contributed by atoms with van der Waals surface area (Å²) in [6.07, 6.45) is 0.991. The lowest BCUT2D eigenvalue weighted by molar-refractivity contribution is 0.303. The lowest BCUT2D eigenvalue weighted by Gasteiger charge is -2.24. The fourth-order valence-corrected chi connectivity index (χ4v) is 2.77. The Kier molecular flexibility index (Phi) is 3.09. The molecule has 1 saturated heterocycles. The average molecular weight is 273 g/mol. The van der Waals surface area contributed by atoms with Crippen LogP contribution in [0, 0.1) is 5.82 Å². The maximum absolute atomic E-state index is 13.0. The molecule has 1 aliphatic rings. The second-order valence-corrected chi connectivity index (χ2v) is 4.90. The number of likely N-dealkylation sites (tertiary alicyclic amines) is 1. The van der Waals surface area contributed by atoms with Crippen LogP contribution in [0.15, 0.2) is 22.7 Å². The molecule has 1 fully saturated rings. The van der Waals surface area contributed by atoms with Crippen molar-refractivity contribution in [3.63, 3.8) is 0 Å². The molecule has 2 unspecified atom stereocenters. The quantitative estimate of drug-likeness (QED) is 0.850. The van der Waals surface area contributed by atoms with Crippen molar-refractivity contribution < 1.29 is 4.39 Å². The van der Waals surface area contributed by atoms with Gasteiger partial charge in [0.1, 0.15) is 5.82 Å². The molecule has 2 rings (SSSR count). The van der Waals surface area contributed by atoms with Gasteiger partial charge < -0.3 is 5.73 Å². The van der Waals surface area contributed by atoms with Crippen molar-refractivity contribution >= 4 is 15.9 Å². The highest BCUT2D eigenvalue weighted by molar-refractivity contribution is 9.10. The Morgan fingerprint density at radius 3 is 2.80 bits per heavy atom. The van der Waals surface area contributed by atoms with Crippen molar-refractivity contribution in [1.82, 2.24) is 4.90 Å². The van der Waals surface area contributed by atoms with Gasteiger partial charge in [-0.1, -0.05) is 22.0 Å². The van der Waals surface area contributed by atoms with E-state index in [4.69, 9.17) is 5.73 Å². The van der Waals surface area contributed by atoms with E-state index in [-0.39, 0.29) is 17.9 Å². The van der Waals surface area contributed by atoms with E-state index in [1.54, 1.807) is 0 Å². The maximum atomic E-state index is 13.0. The van der Waals surface area contributed by atoms with Gasteiger partial charge in [0.15, 0.2) is 0 Å². The second kappa shape index (κ2) is 4.20. The molecule has 1 aromatic carbocycles. The van der Waals surface area contributed by atoms with Crippen LogP contribution in [0.3, 0.4) is 0 Å². The normalized spacial score (nSPS) is 27.2. The smallest absolute Gasteiger partial charge is 0.124 e. The summed E-state index contributed by atoms with van der Waals surface area (Å²) in [5.41, 5.74) is 7.13. The third-order valence-electron chi connectivity index (χ3n) is 2.98. The maximum Gasteiger partial charge on any atom is 0.124 e. The monoisotopic (exact) mass is 272 g/mol. The Balaban J connectivity index is 2.36. The summed E-state index contributed by atoms with van der Waals surface area (Å²) in [7, 11) is 2.05. The van der Waals surface area contributed by atoms with Gasteiger partial charge in [0.25, 0.3) is 0 Å². The highest BCUT2D eigenvalue weighted by Crippen LogP contribution is 2.34. The van der Waals surface area contributed by atoms with Gasteiger partial charge in [-0.15, -0.1) is 0 Å². The first-order chi connectivity index (χ1) is 7.09. The molecule has 2 nitrogen and oxygen atoms in total. The molecule has 0 spiro atoms. The van der Waals surface area contributed by atoms with Gasteiger partial charge in [-0.05, 0) is 31.2 Å². The minimum atomic E-state index is -0.222. The Hall–Kier alpha value is -0.450. The Morgan fingerprint density at radius 1 is 1.53 bits per heavy atom. The number of nitrogens with two attached hydrogens (primary N) is 1. The van der Waals surface area contributed by atoms with Crippen LogP contribution in [0.5, 0.6) is 0 Å². The SMILES string of the molecule is CN1CCC(N)C1c1ccc(F)cc1Br. The van der Waals surface area contributed by atoms with Crippen LogP contribution in [0.2, 0.25) is 0 Å². The lowest BCUT2D eigenvalue weighted by Crippen LogP contribution is -2.29. The minimum Gasteiger partial charge on any atom is -0.326 e. The zero-order valence-corrected chi connectivity index (χ0v) is 10.2. The van der Waals surface area contributed by atoms with E-state index in [1.165, 1.54) is 12.1 Å². The fraction of sp³-hybridized carbons (Fsp3) is 0.455. The van der Waals surface area contributed by atoms with Crippen molar-refractivity contribution in [1.29, 1.82) is 0 Å². The van der Waals surface area contributed by atoms with Gasteiger partial charge >= 0.3 is 0 Å². The molecule has 0 bridgehead atoms. The van der Waals surface area contributed by atoms with Crippen molar-refractivity contribution in [2.75, 3.05) is 13.6 Å². The summed E-state index contributed by atoms with van der Waals surface area (Å²) in [6.45, 7) is 0.996. The number of nitrogens with zero attached hydrogens (tertiary/aromatic N) is 1. The Morgan fingerprint density at radius 2 is 2.27 bits per heavy atom. The summed E-state index contributed by atoms with van der Waals surface area (Å²) in [5.74, 6) is -0.222. The number of likely N-dealkylation sites (N-methyl/N-ethyl adjacent to an activating group) is 1. The largest absolute Gasteiger partial charge is 0.326 e. The number of benzene rings is 1. The molecule has 1 aromatic rings. The zero-order chi connectivity index (χ0) is 11.0. The standard InChI is InChI=1S/C11H14BrFN2/c1-15-5-4-10(14)11(15)8-3-2-7(13)6-9(8)12/h2-3,6,10-11H,4-5,14H2,1H3. The number of halogens is 2. The zero-order valence-electron chi connectivity index (χ0n) is 8.58. The average Bonchev–Trinajstić information content (AvgIpc) is 2.48. The molecular formula is C11H14BrFN2. The van der Waals surface area contributed by atoms with Crippen LogP contribution >= 0.6 is 15.9 Å². The molecule has 15 heavy (non-hydrogen) atoms. The van der Waals surface area contributed by atoms with Crippen LogP contribution in [-0.4, -0.2) is 24.5 Å². The predicted octanol–water partition coefficient (Wildman–Crippen LogP) is 2.29. The summed E-state index contributed by atoms with van der Waals surface area (Å²) in [4.78, 5) is 2.21.